The first kappa shape index (κ1) is 22.0. The molecule has 0 aliphatic rings. The van der Waals surface area contributed by atoms with Crippen molar-refractivity contribution in [1.82, 2.24) is 0 Å². The number of carbonyl (C=O) groups excluding carboxylic acids is 4. The number of carboxylic acids is 2. The van der Waals surface area contributed by atoms with E-state index in [0.29, 0.717) is 6.07 Å². The van der Waals surface area contributed by atoms with E-state index in [2.05, 4.69) is 9.47 Å². The van der Waals surface area contributed by atoms with Gasteiger partial charge in [-0.3, -0.25) is 0 Å². The van der Waals surface area contributed by atoms with E-state index in [9.17, 15) is 29.4 Å². The molecule has 10 heteroatoms. The zero-order valence-corrected chi connectivity index (χ0v) is 12.7. The third-order valence-corrected chi connectivity index (χ3v) is 2.41. The average molecular weight is 351 g/mol. The molecule has 0 aromatic heterocycles. The molecule has 0 atom stereocenters. The number of hydrogen-bond donors (Lipinski definition) is 0. The van der Waals surface area contributed by atoms with Crippen LogP contribution in [0.25, 0.3) is 0 Å². The third-order valence-electron chi connectivity index (χ3n) is 2.41. The summed E-state index contributed by atoms with van der Waals surface area (Å²) in [6, 6.07) is 1.33. The zero-order valence-electron chi connectivity index (χ0n) is 11.2. The summed E-state index contributed by atoms with van der Waals surface area (Å²) in [6.45, 7) is 0. The number of hydrogen-bond acceptors (Lipinski definition) is 8. The predicted molar refractivity (Wildman–Crippen MR) is 57.8 cm³/mol. The molecule has 0 saturated heterocycles. The number of halogens is 2. The fourth-order valence-electron chi connectivity index (χ4n) is 1.50. The van der Waals surface area contributed by atoms with Gasteiger partial charge >= 0.3 is 11.9 Å². The van der Waals surface area contributed by atoms with E-state index in [1.165, 1.54) is 0 Å². The lowest BCUT2D eigenvalue weighted by molar-refractivity contribution is -0.255. The zero-order chi connectivity index (χ0) is 15.4. The molecule has 122 valence electrons. The smallest absolute Gasteiger partial charge is 0.338 e. The number of carboxylic acid groups (broad SMARTS) is 2. The molecule has 0 saturated carbocycles. The minimum atomic E-state index is -1.80. The highest BCUT2D eigenvalue weighted by Gasteiger charge is 2.21. The van der Waals surface area contributed by atoms with Crippen LogP contribution in [0.5, 0.6) is 0 Å². The summed E-state index contributed by atoms with van der Waals surface area (Å²) in [5.41, 5.74) is -2.52. The maximum atomic E-state index is 11.5. The normalized spacial score (nSPS) is 8.82. The quantitative estimate of drug-likeness (QED) is 0.489. The van der Waals surface area contributed by atoms with Crippen molar-refractivity contribution >= 4 is 23.9 Å². The Bertz CT molecular complexity index is 562. The van der Waals surface area contributed by atoms with Gasteiger partial charge in [0.05, 0.1) is 37.3 Å². The largest absolute Gasteiger partial charge is 1.00 e. The predicted octanol–water partition coefficient (Wildman–Crippen LogP) is -8.01. The number of ether oxygens (including phenoxy) is 2. The van der Waals surface area contributed by atoms with Crippen molar-refractivity contribution < 1.29 is 63.7 Å². The van der Waals surface area contributed by atoms with Crippen LogP contribution in [0.3, 0.4) is 0 Å². The Balaban J connectivity index is 0. The highest BCUT2D eigenvalue weighted by molar-refractivity contribution is 6.09. The van der Waals surface area contributed by atoms with Crippen molar-refractivity contribution in [1.29, 1.82) is 0 Å². The van der Waals surface area contributed by atoms with Gasteiger partial charge in [-0.25, -0.2) is 9.59 Å². The van der Waals surface area contributed by atoms with Crippen LogP contribution in [-0.2, 0) is 9.47 Å². The summed E-state index contributed by atoms with van der Waals surface area (Å²) in [4.78, 5) is 44.7. The van der Waals surface area contributed by atoms with E-state index in [1.54, 1.807) is 0 Å². The van der Waals surface area contributed by atoms with Gasteiger partial charge in [-0.15, -0.1) is 0 Å². The topological polar surface area (TPSA) is 133 Å². The number of rotatable bonds is 4. The molecule has 0 fully saturated rings. The Kier molecular flexibility index (Phi) is 8.84. The lowest BCUT2D eigenvalue weighted by Gasteiger charge is -2.15. The van der Waals surface area contributed by atoms with Gasteiger partial charge in [0.15, 0.2) is 0 Å². The van der Waals surface area contributed by atoms with E-state index in [4.69, 9.17) is 0 Å². The molecule has 0 radical (unpaired) electrons. The Labute approximate surface area is 136 Å². The second-order valence-electron chi connectivity index (χ2n) is 3.50. The Hall–Kier alpha value is -2.32. The molecule has 0 spiro atoms. The molecule has 0 N–H and O–H groups in total. The highest BCUT2D eigenvalue weighted by Crippen LogP contribution is 2.19. The van der Waals surface area contributed by atoms with E-state index in [0.717, 1.165) is 20.3 Å². The summed E-state index contributed by atoms with van der Waals surface area (Å²) in [7, 11) is 1.98. The maximum Gasteiger partial charge on any atom is 0.338 e. The highest BCUT2D eigenvalue weighted by atomic mass is 35.5. The molecule has 0 unspecified atom stereocenters. The Morgan fingerprint density at radius 1 is 0.727 bits per heavy atom. The van der Waals surface area contributed by atoms with Crippen LogP contribution in [0.15, 0.2) is 12.1 Å². The van der Waals surface area contributed by atoms with Gasteiger partial charge in [0, 0.05) is 11.1 Å². The number of benzene rings is 1. The van der Waals surface area contributed by atoms with Gasteiger partial charge in [0.25, 0.3) is 0 Å². The SMILES string of the molecule is COC(=O)c1cc(C(=O)OC)c(C(=O)[O-])cc1C(=O)[O-].[Cl-].[Cl-]. The molecule has 1 rings (SSSR count). The molecule has 8 nitrogen and oxygen atoms in total. The lowest BCUT2D eigenvalue weighted by Crippen LogP contribution is -3.00. The number of aromatic carboxylic acids is 2. The van der Waals surface area contributed by atoms with Crippen LogP contribution in [0.2, 0.25) is 0 Å². The molecule has 1 aromatic rings. The van der Waals surface area contributed by atoms with Crippen LogP contribution in [-0.4, -0.2) is 38.1 Å². The van der Waals surface area contributed by atoms with Crippen molar-refractivity contribution in [3.8, 4) is 0 Å². The molecular weight excluding hydrogens is 343 g/mol. The molecule has 22 heavy (non-hydrogen) atoms. The van der Waals surface area contributed by atoms with E-state index >= 15 is 0 Å². The third kappa shape index (κ3) is 4.34. The fourth-order valence-corrected chi connectivity index (χ4v) is 1.50. The first-order chi connectivity index (χ1) is 9.33. The minimum Gasteiger partial charge on any atom is -1.00 e. The van der Waals surface area contributed by atoms with Gasteiger partial charge in [0.1, 0.15) is 0 Å². The summed E-state index contributed by atoms with van der Waals surface area (Å²) in [6.07, 6.45) is 0. The molecule has 0 aliphatic carbocycles. The van der Waals surface area contributed by atoms with Crippen LogP contribution in [0, 0.1) is 0 Å². The van der Waals surface area contributed by atoms with E-state index in [-0.39, 0.29) is 24.8 Å². The first-order valence-electron chi connectivity index (χ1n) is 5.10. The number of methoxy groups -OCH3 is 2. The van der Waals surface area contributed by atoms with Crippen molar-refractivity contribution in [3.63, 3.8) is 0 Å². The van der Waals surface area contributed by atoms with Crippen molar-refractivity contribution in [2.24, 2.45) is 0 Å². The van der Waals surface area contributed by atoms with E-state index in [1.807, 2.05) is 0 Å². The second-order valence-corrected chi connectivity index (χ2v) is 3.50. The first-order valence-corrected chi connectivity index (χ1v) is 5.10. The Morgan fingerprint density at radius 2 is 1.00 bits per heavy atom. The van der Waals surface area contributed by atoms with Gasteiger partial charge in [-0.2, -0.15) is 0 Å². The van der Waals surface area contributed by atoms with Crippen molar-refractivity contribution in [2.45, 2.75) is 0 Å². The van der Waals surface area contributed by atoms with Crippen LogP contribution in [0.4, 0.5) is 0 Å². The Morgan fingerprint density at radius 3 is 1.23 bits per heavy atom. The maximum absolute atomic E-state index is 11.5. The van der Waals surface area contributed by atoms with Crippen LogP contribution in [0.1, 0.15) is 41.4 Å². The monoisotopic (exact) mass is 350 g/mol. The average Bonchev–Trinajstić information content (AvgIpc) is 2.43. The van der Waals surface area contributed by atoms with E-state index < -0.39 is 46.1 Å². The summed E-state index contributed by atoms with van der Waals surface area (Å²) < 4.78 is 8.70. The van der Waals surface area contributed by atoms with Crippen molar-refractivity contribution in [3.05, 3.63) is 34.4 Å². The fraction of sp³-hybridized carbons (Fsp3) is 0.167. The minimum absolute atomic E-state index is 0. The molecule has 0 aliphatic heterocycles. The summed E-state index contributed by atoms with van der Waals surface area (Å²) in [5.74, 6) is -5.74. The van der Waals surface area contributed by atoms with Gasteiger partial charge in [-0.1, -0.05) is 0 Å². The summed E-state index contributed by atoms with van der Waals surface area (Å²) >= 11 is 0. The second kappa shape index (κ2) is 8.85. The van der Waals surface area contributed by atoms with Gasteiger partial charge in [0.2, 0.25) is 0 Å². The summed E-state index contributed by atoms with van der Waals surface area (Å²) in [5, 5.41) is 21.8. The van der Waals surface area contributed by atoms with Crippen LogP contribution < -0.4 is 35.0 Å². The van der Waals surface area contributed by atoms with Gasteiger partial charge < -0.3 is 54.1 Å². The molecular formula is C12H8Cl2O8-4. The molecule has 0 amide bonds. The molecule has 1 aromatic carbocycles. The van der Waals surface area contributed by atoms with Crippen molar-refractivity contribution in [2.75, 3.05) is 14.2 Å². The molecule has 0 heterocycles. The van der Waals surface area contributed by atoms with Gasteiger partial charge in [-0.05, 0) is 12.1 Å². The lowest BCUT2D eigenvalue weighted by atomic mass is 9.98. The molecule has 0 bridgehead atoms. The van der Waals surface area contributed by atoms with Crippen LogP contribution >= 0.6 is 0 Å². The number of esters is 2. The standard InChI is InChI=1S/C12H10O8.2ClH/c1-19-11(17)7-4-8(12(18)20-2)6(10(15)16)3-5(7)9(13)14;;/h3-4H,1-2H3,(H,13,14)(H,15,16);2*1H/p-4. The number of carbonyl (C=O) groups is 4.